The van der Waals surface area contributed by atoms with Gasteiger partial charge in [0, 0.05) is 5.56 Å². The van der Waals surface area contributed by atoms with Crippen LogP contribution in [-0.4, -0.2) is 18.3 Å². The zero-order chi connectivity index (χ0) is 15.6. The Labute approximate surface area is 135 Å². The van der Waals surface area contributed by atoms with Gasteiger partial charge in [-0.3, -0.25) is 9.59 Å². The number of thiophene rings is 1. The van der Waals surface area contributed by atoms with Crippen molar-refractivity contribution in [3.63, 3.8) is 0 Å². The van der Waals surface area contributed by atoms with Crippen LogP contribution in [0.15, 0.2) is 28.1 Å². The van der Waals surface area contributed by atoms with E-state index in [9.17, 15) is 9.59 Å². The number of amides is 1. The topological polar surface area (TPSA) is 69.4 Å². The zero-order valence-electron chi connectivity index (χ0n) is 11.6. The van der Waals surface area contributed by atoms with E-state index in [4.69, 9.17) is 10.5 Å². The number of ether oxygens (including phenoxy) is 1. The van der Waals surface area contributed by atoms with Gasteiger partial charge < -0.3 is 10.5 Å². The van der Waals surface area contributed by atoms with E-state index in [0.29, 0.717) is 16.2 Å². The largest absolute Gasteiger partial charge is 0.485 e. The number of ketones is 1. The van der Waals surface area contributed by atoms with Crippen molar-refractivity contribution in [2.75, 3.05) is 6.61 Å². The Morgan fingerprint density at radius 1 is 1.24 bits per heavy atom. The number of carbonyl (C=O) groups excluding carboxylic acids is 2. The lowest BCUT2D eigenvalue weighted by atomic mass is 10.1. The van der Waals surface area contributed by atoms with Crippen molar-refractivity contribution < 1.29 is 14.3 Å². The minimum Gasteiger partial charge on any atom is -0.485 e. The smallest absolute Gasteiger partial charge is 0.248 e. The molecular weight excluding hydrogens is 354 g/mol. The summed E-state index contributed by atoms with van der Waals surface area (Å²) in [7, 11) is 0. The average molecular weight is 368 g/mol. The molecule has 0 atom stereocenters. The molecule has 0 radical (unpaired) electrons. The van der Waals surface area contributed by atoms with Gasteiger partial charge in [0.1, 0.15) is 5.75 Å². The van der Waals surface area contributed by atoms with Gasteiger partial charge in [0.05, 0.1) is 8.66 Å². The Bertz CT molecular complexity index is 686. The van der Waals surface area contributed by atoms with Gasteiger partial charge in [-0.05, 0) is 65.2 Å². The number of aryl methyl sites for hydroxylation is 2. The lowest BCUT2D eigenvalue weighted by molar-refractivity contribution is 0.0923. The molecule has 0 aliphatic carbocycles. The summed E-state index contributed by atoms with van der Waals surface area (Å²) < 4.78 is 6.52. The van der Waals surface area contributed by atoms with E-state index in [1.54, 1.807) is 18.2 Å². The number of benzene rings is 1. The summed E-state index contributed by atoms with van der Waals surface area (Å²) >= 11 is 4.69. The Hall–Kier alpha value is -1.66. The van der Waals surface area contributed by atoms with Gasteiger partial charge in [0.25, 0.3) is 0 Å². The van der Waals surface area contributed by atoms with Gasteiger partial charge >= 0.3 is 0 Å². The molecule has 0 aliphatic rings. The summed E-state index contributed by atoms with van der Waals surface area (Å²) in [6.45, 7) is 3.60. The number of Topliss-reactive ketones (excluding diaryl/α,β-unsaturated/α-hetero) is 1. The molecule has 2 N–H and O–H groups in total. The second kappa shape index (κ2) is 6.41. The summed E-state index contributed by atoms with van der Waals surface area (Å²) in [5, 5.41) is 0. The molecule has 4 nitrogen and oxygen atoms in total. The predicted octanol–water partition coefficient (Wildman–Crippen LogP) is 3.49. The van der Waals surface area contributed by atoms with Crippen molar-refractivity contribution in [2.24, 2.45) is 5.73 Å². The minimum absolute atomic E-state index is 0.0372. The van der Waals surface area contributed by atoms with E-state index in [2.05, 4.69) is 15.9 Å². The predicted molar refractivity (Wildman–Crippen MR) is 86.3 cm³/mol. The van der Waals surface area contributed by atoms with Crippen molar-refractivity contribution in [3.8, 4) is 5.75 Å². The summed E-state index contributed by atoms with van der Waals surface area (Å²) in [4.78, 5) is 23.9. The molecule has 1 amide bonds. The minimum atomic E-state index is -0.479. The average Bonchev–Trinajstić information content (AvgIpc) is 2.84. The van der Waals surface area contributed by atoms with Crippen LogP contribution in [0.4, 0.5) is 0 Å². The second-order valence-electron chi connectivity index (χ2n) is 4.62. The van der Waals surface area contributed by atoms with Crippen LogP contribution < -0.4 is 10.5 Å². The third-order valence-corrected chi connectivity index (χ3v) is 4.61. The molecule has 1 aromatic carbocycles. The number of hydrogen-bond acceptors (Lipinski definition) is 4. The Balaban J connectivity index is 2.13. The third kappa shape index (κ3) is 3.71. The third-order valence-electron chi connectivity index (χ3n) is 2.94. The Morgan fingerprint density at radius 2 is 1.86 bits per heavy atom. The highest BCUT2D eigenvalue weighted by Gasteiger charge is 2.13. The highest BCUT2D eigenvalue weighted by molar-refractivity contribution is 9.11. The molecule has 0 unspecified atom stereocenters. The quantitative estimate of drug-likeness (QED) is 0.822. The van der Waals surface area contributed by atoms with Crippen molar-refractivity contribution >= 4 is 39.0 Å². The number of nitrogens with two attached hydrogens (primary N) is 1. The summed E-state index contributed by atoms with van der Waals surface area (Å²) in [6.07, 6.45) is 0. The lowest BCUT2D eigenvalue weighted by Crippen LogP contribution is -2.14. The number of hydrogen-bond donors (Lipinski definition) is 1. The molecular formula is C15H14BrNO3S. The van der Waals surface area contributed by atoms with Gasteiger partial charge in [-0.1, -0.05) is 0 Å². The first kappa shape index (κ1) is 15.7. The van der Waals surface area contributed by atoms with E-state index in [1.807, 2.05) is 19.9 Å². The maximum Gasteiger partial charge on any atom is 0.248 e. The van der Waals surface area contributed by atoms with E-state index >= 15 is 0 Å². The molecule has 2 aromatic rings. The van der Waals surface area contributed by atoms with Crippen LogP contribution >= 0.6 is 27.3 Å². The Kier molecular flexibility index (Phi) is 4.80. The number of rotatable bonds is 5. The lowest BCUT2D eigenvalue weighted by Gasteiger charge is -2.12. The molecule has 0 fully saturated rings. The molecule has 6 heteroatoms. The zero-order valence-corrected chi connectivity index (χ0v) is 14.0. The van der Waals surface area contributed by atoms with Crippen LogP contribution in [0.1, 0.15) is 31.2 Å². The van der Waals surface area contributed by atoms with Crippen LogP contribution in [0.3, 0.4) is 0 Å². The van der Waals surface area contributed by atoms with E-state index in [1.165, 1.54) is 11.3 Å². The summed E-state index contributed by atoms with van der Waals surface area (Å²) in [5.74, 6) is 0.0553. The monoisotopic (exact) mass is 367 g/mol. The molecule has 0 aliphatic heterocycles. The normalized spacial score (nSPS) is 10.4. The number of carbonyl (C=O) groups is 2. The first-order chi connectivity index (χ1) is 9.88. The number of primary amides is 1. The molecule has 110 valence electrons. The van der Waals surface area contributed by atoms with E-state index in [0.717, 1.165) is 14.9 Å². The molecule has 0 bridgehead atoms. The van der Waals surface area contributed by atoms with Crippen LogP contribution in [-0.2, 0) is 0 Å². The molecule has 21 heavy (non-hydrogen) atoms. The van der Waals surface area contributed by atoms with Gasteiger partial charge in [-0.15, -0.1) is 11.3 Å². The fraction of sp³-hybridized carbons (Fsp3) is 0.200. The van der Waals surface area contributed by atoms with E-state index < -0.39 is 5.91 Å². The highest BCUT2D eigenvalue weighted by atomic mass is 79.9. The molecule has 0 spiro atoms. The fourth-order valence-corrected chi connectivity index (χ4v) is 3.30. The van der Waals surface area contributed by atoms with Gasteiger partial charge in [-0.2, -0.15) is 0 Å². The second-order valence-corrected chi connectivity index (χ2v) is 7.08. The van der Waals surface area contributed by atoms with Crippen LogP contribution in [0.5, 0.6) is 5.75 Å². The van der Waals surface area contributed by atoms with Crippen molar-refractivity contribution in [1.82, 2.24) is 0 Å². The molecule has 0 saturated carbocycles. The first-order valence-electron chi connectivity index (χ1n) is 6.21. The highest BCUT2D eigenvalue weighted by Crippen LogP contribution is 2.26. The van der Waals surface area contributed by atoms with Crippen molar-refractivity contribution in [3.05, 3.63) is 49.6 Å². The maximum atomic E-state index is 12.0. The van der Waals surface area contributed by atoms with Crippen LogP contribution in [0.2, 0.25) is 0 Å². The van der Waals surface area contributed by atoms with Crippen LogP contribution in [0, 0.1) is 13.8 Å². The number of halogens is 1. The SMILES string of the molecule is Cc1cc(C(N)=O)cc(C)c1OCC(=O)c1ccc(Br)s1. The Morgan fingerprint density at radius 3 is 2.33 bits per heavy atom. The maximum absolute atomic E-state index is 12.0. The van der Waals surface area contributed by atoms with Gasteiger partial charge in [-0.25, -0.2) is 0 Å². The standard InChI is InChI=1S/C15H14BrNO3S/c1-8-5-10(15(17)19)6-9(2)14(8)20-7-11(18)12-3-4-13(16)21-12/h3-6H,7H2,1-2H3,(H2,17,19). The molecule has 1 aromatic heterocycles. The van der Waals surface area contributed by atoms with Crippen molar-refractivity contribution in [1.29, 1.82) is 0 Å². The molecule has 1 heterocycles. The summed E-state index contributed by atoms with van der Waals surface area (Å²) in [5.41, 5.74) is 7.26. The molecule has 2 rings (SSSR count). The van der Waals surface area contributed by atoms with Gasteiger partial charge in [0.15, 0.2) is 6.61 Å². The van der Waals surface area contributed by atoms with Gasteiger partial charge in [0.2, 0.25) is 11.7 Å². The first-order valence-corrected chi connectivity index (χ1v) is 7.82. The van der Waals surface area contributed by atoms with E-state index in [-0.39, 0.29) is 12.4 Å². The van der Waals surface area contributed by atoms with Crippen LogP contribution in [0.25, 0.3) is 0 Å². The molecule has 0 saturated heterocycles. The summed E-state index contributed by atoms with van der Waals surface area (Å²) in [6, 6.07) is 6.92. The van der Waals surface area contributed by atoms with Crippen molar-refractivity contribution in [2.45, 2.75) is 13.8 Å². The fourth-order valence-electron chi connectivity index (χ4n) is 1.99.